The van der Waals surface area contributed by atoms with Gasteiger partial charge in [-0.1, -0.05) is 35.8 Å². The van der Waals surface area contributed by atoms with Gasteiger partial charge < -0.3 is 10.6 Å². The lowest BCUT2D eigenvalue weighted by Crippen LogP contribution is -2.44. The Bertz CT molecular complexity index is 922. The Morgan fingerprint density at radius 1 is 1.33 bits per heavy atom. The van der Waals surface area contributed by atoms with Crippen molar-refractivity contribution in [3.05, 3.63) is 23.2 Å². The number of aromatic nitrogens is 1. The van der Waals surface area contributed by atoms with Crippen molar-refractivity contribution in [1.29, 1.82) is 0 Å². The third-order valence-electron chi connectivity index (χ3n) is 5.09. The molecule has 0 atom stereocenters. The van der Waals surface area contributed by atoms with E-state index in [-0.39, 0.29) is 30.8 Å². The molecule has 4 rings (SSSR count). The Morgan fingerprint density at radius 3 is 2.89 bits per heavy atom. The van der Waals surface area contributed by atoms with E-state index in [2.05, 4.69) is 15.6 Å². The molecule has 142 valence electrons. The average molecular weight is 407 g/mol. The predicted octanol–water partition coefficient (Wildman–Crippen LogP) is 3.53. The molecule has 2 aliphatic rings. The quantitative estimate of drug-likeness (QED) is 0.743. The molecular formula is C18H19ClN4O3S. The maximum absolute atomic E-state index is 12.6. The fourth-order valence-electron chi connectivity index (χ4n) is 3.73. The molecule has 0 bridgehead atoms. The van der Waals surface area contributed by atoms with Gasteiger partial charge in [0.15, 0.2) is 5.13 Å². The Hall–Kier alpha value is -2.19. The van der Waals surface area contributed by atoms with Crippen LogP contribution in [0.15, 0.2) is 18.2 Å². The SMILES string of the molecule is O=C(CCCN1C(=O)NC2(CCCC2)C1=O)Nc1nc2ccc(Cl)cc2s1. The van der Waals surface area contributed by atoms with Crippen LogP contribution in [-0.2, 0) is 9.59 Å². The Balaban J connectivity index is 1.30. The summed E-state index contributed by atoms with van der Waals surface area (Å²) in [6.07, 6.45) is 3.94. The molecule has 1 aromatic heterocycles. The van der Waals surface area contributed by atoms with Crippen molar-refractivity contribution in [1.82, 2.24) is 15.2 Å². The summed E-state index contributed by atoms with van der Waals surface area (Å²) in [6.45, 7) is 0.245. The average Bonchev–Trinajstić information content (AvgIpc) is 3.29. The van der Waals surface area contributed by atoms with E-state index in [0.29, 0.717) is 29.4 Å². The van der Waals surface area contributed by atoms with Crippen molar-refractivity contribution >= 4 is 56.1 Å². The van der Waals surface area contributed by atoms with Gasteiger partial charge in [0.2, 0.25) is 5.91 Å². The monoisotopic (exact) mass is 406 g/mol. The molecule has 7 nitrogen and oxygen atoms in total. The summed E-state index contributed by atoms with van der Waals surface area (Å²) < 4.78 is 0.902. The van der Waals surface area contributed by atoms with Crippen LogP contribution in [0.1, 0.15) is 38.5 Å². The van der Waals surface area contributed by atoms with Gasteiger partial charge in [-0.05, 0) is 37.5 Å². The molecule has 1 spiro atoms. The molecular weight excluding hydrogens is 388 g/mol. The first kappa shape index (κ1) is 18.2. The lowest BCUT2D eigenvalue weighted by Gasteiger charge is -2.19. The molecule has 1 saturated heterocycles. The van der Waals surface area contributed by atoms with E-state index in [1.54, 1.807) is 18.2 Å². The van der Waals surface area contributed by atoms with E-state index in [4.69, 9.17) is 11.6 Å². The van der Waals surface area contributed by atoms with Gasteiger partial charge in [-0.2, -0.15) is 0 Å². The second-order valence-corrected chi connectivity index (χ2v) is 8.43. The van der Waals surface area contributed by atoms with Gasteiger partial charge in [0.05, 0.1) is 10.2 Å². The number of halogens is 1. The van der Waals surface area contributed by atoms with Crippen molar-refractivity contribution in [3.63, 3.8) is 0 Å². The number of benzene rings is 1. The third kappa shape index (κ3) is 3.51. The zero-order valence-corrected chi connectivity index (χ0v) is 16.2. The van der Waals surface area contributed by atoms with Crippen molar-refractivity contribution in [3.8, 4) is 0 Å². The van der Waals surface area contributed by atoms with Crippen molar-refractivity contribution in [2.24, 2.45) is 0 Å². The van der Waals surface area contributed by atoms with Crippen molar-refractivity contribution < 1.29 is 14.4 Å². The van der Waals surface area contributed by atoms with Crippen LogP contribution in [0.5, 0.6) is 0 Å². The minimum Gasteiger partial charge on any atom is -0.323 e. The molecule has 1 saturated carbocycles. The van der Waals surface area contributed by atoms with Gasteiger partial charge in [-0.15, -0.1) is 0 Å². The highest BCUT2D eigenvalue weighted by atomic mass is 35.5. The molecule has 9 heteroatoms. The van der Waals surface area contributed by atoms with Crippen LogP contribution >= 0.6 is 22.9 Å². The maximum atomic E-state index is 12.6. The molecule has 0 radical (unpaired) electrons. The molecule has 1 aliphatic heterocycles. The molecule has 2 aromatic rings. The first-order valence-electron chi connectivity index (χ1n) is 8.97. The molecule has 1 aromatic carbocycles. The van der Waals surface area contributed by atoms with Crippen LogP contribution in [0.2, 0.25) is 5.02 Å². The zero-order valence-electron chi connectivity index (χ0n) is 14.6. The number of nitrogens with one attached hydrogen (secondary N) is 2. The second kappa shape index (κ2) is 7.09. The van der Waals surface area contributed by atoms with Gasteiger partial charge >= 0.3 is 6.03 Å². The Kier molecular flexibility index (Phi) is 4.77. The lowest BCUT2D eigenvalue weighted by molar-refractivity contribution is -0.131. The number of amides is 4. The van der Waals surface area contributed by atoms with Gasteiger partial charge in [0.1, 0.15) is 5.54 Å². The number of fused-ring (bicyclic) bond motifs is 1. The molecule has 2 fully saturated rings. The molecule has 1 aliphatic carbocycles. The van der Waals surface area contributed by atoms with E-state index >= 15 is 0 Å². The minimum absolute atomic E-state index is 0.145. The number of rotatable bonds is 5. The number of nitrogens with zero attached hydrogens (tertiary/aromatic N) is 2. The normalized spacial score (nSPS) is 18.5. The number of hydrogen-bond acceptors (Lipinski definition) is 5. The summed E-state index contributed by atoms with van der Waals surface area (Å²) >= 11 is 7.32. The van der Waals surface area contributed by atoms with Gasteiger partial charge in [0.25, 0.3) is 5.91 Å². The van der Waals surface area contributed by atoms with E-state index in [0.717, 1.165) is 23.1 Å². The number of anilines is 1. The van der Waals surface area contributed by atoms with Crippen LogP contribution in [0, 0.1) is 0 Å². The maximum Gasteiger partial charge on any atom is 0.325 e. The highest BCUT2D eigenvalue weighted by Crippen LogP contribution is 2.35. The Labute approximate surface area is 165 Å². The van der Waals surface area contributed by atoms with Crippen LogP contribution in [0.3, 0.4) is 0 Å². The largest absolute Gasteiger partial charge is 0.325 e. The number of hydrogen-bond donors (Lipinski definition) is 2. The summed E-state index contributed by atoms with van der Waals surface area (Å²) in [7, 11) is 0. The van der Waals surface area contributed by atoms with Crippen LogP contribution in [0.25, 0.3) is 10.2 Å². The summed E-state index contributed by atoms with van der Waals surface area (Å²) in [5.41, 5.74) is 0.0858. The molecule has 4 amide bonds. The molecule has 2 N–H and O–H groups in total. The fourth-order valence-corrected chi connectivity index (χ4v) is 4.89. The molecule has 0 unspecified atom stereocenters. The van der Waals surface area contributed by atoms with E-state index in [1.165, 1.54) is 16.2 Å². The Morgan fingerprint density at radius 2 is 2.11 bits per heavy atom. The van der Waals surface area contributed by atoms with E-state index in [1.807, 2.05) is 0 Å². The standard InChI is InChI=1S/C18H19ClN4O3S/c19-11-5-6-12-13(10-11)27-16(20-12)21-14(24)4-3-9-23-15(25)18(22-17(23)26)7-1-2-8-18/h5-6,10H,1-4,7-9H2,(H,22,26)(H,20,21,24). The number of carbonyl (C=O) groups is 3. The zero-order chi connectivity index (χ0) is 19.0. The summed E-state index contributed by atoms with van der Waals surface area (Å²) in [5.74, 6) is -0.337. The van der Waals surface area contributed by atoms with Gasteiger partial charge in [0, 0.05) is 18.0 Å². The summed E-state index contributed by atoms with van der Waals surface area (Å²) in [4.78, 5) is 42.4. The van der Waals surface area contributed by atoms with Crippen molar-refractivity contribution in [2.45, 2.75) is 44.1 Å². The number of urea groups is 1. The van der Waals surface area contributed by atoms with Gasteiger partial charge in [-0.25, -0.2) is 9.78 Å². The summed E-state index contributed by atoms with van der Waals surface area (Å²) in [6, 6.07) is 5.02. The van der Waals surface area contributed by atoms with Crippen molar-refractivity contribution in [2.75, 3.05) is 11.9 Å². The van der Waals surface area contributed by atoms with Crippen LogP contribution in [0.4, 0.5) is 9.93 Å². The highest BCUT2D eigenvalue weighted by Gasteiger charge is 2.51. The minimum atomic E-state index is -0.693. The summed E-state index contributed by atoms with van der Waals surface area (Å²) in [5, 5.41) is 6.75. The molecule has 2 heterocycles. The van der Waals surface area contributed by atoms with Crippen LogP contribution in [-0.4, -0.2) is 39.8 Å². The first-order valence-corrected chi connectivity index (χ1v) is 10.2. The number of carbonyl (C=O) groups excluding carboxylic acids is 3. The third-order valence-corrected chi connectivity index (χ3v) is 6.25. The lowest BCUT2D eigenvalue weighted by atomic mass is 9.98. The number of imide groups is 1. The predicted molar refractivity (Wildman–Crippen MR) is 104 cm³/mol. The fraction of sp³-hybridized carbons (Fsp3) is 0.444. The van der Waals surface area contributed by atoms with Crippen LogP contribution < -0.4 is 10.6 Å². The van der Waals surface area contributed by atoms with E-state index in [9.17, 15) is 14.4 Å². The number of thiazole rings is 1. The smallest absolute Gasteiger partial charge is 0.323 e. The van der Waals surface area contributed by atoms with Gasteiger partial charge in [-0.3, -0.25) is 14.5 Å². The second-order valence-electron chi connectivity index (χ2n) is 6.96. The highest BCUT2D eigenvalue weighted by molar-refractivity contribution is 7.22. The molecule has 27 heavy (non-hydrogen) atoms. The first-order chi connectivity index (χ1) is 13.0. The topological polar surface area (TPSA) is 91.4 Å². The van der Waals surface area contributed by atoms with E-state index < -0.39 is 5.54 Å².